The highest BCUT2D eigenvalue weighted by atomic mass is 16.3. The molecule has 1 N–H and O–H groups in total. The Morgan fingerprint density at radius 1 is 0.600 bits per heavy atom. The molecule has 0 fully saturated rings. The number of fused-ring (bicyclic) bond motifs is 3. The summed E-state index contributed by atoms with van der Waals surface area (Å²) in [6.45, 7) is 0. The van der Waals surface area contributed by atoms with Crippen molar-refractivity contribution in [3.63, 3.8) is 0 Å². The van der Waals surface area contributed by atoms with Gasteiger partial charge in [0.15, 0.2) is 11.4 Å². The fourth-order valence-electron chi connectivity index (χ4n) is 5.77. The molecule has 0 aliphatic carbocycles. The first-order valence-corrected chi connectivity index (χ1v) is 14.7. The van der Waals surface area contributed by atoms with Crippen molar-refractivity contribution in [3.8, 4) is 39.5 Å². The van der Waals surface area contributed by atoms with E-state index >= 15 is 0 Å². The Morgan fingerprint density at radius 2 is 1.33 bits per heavy atom. The molecule has 5 aromatic carbocycles. The molecule has 0 saturated heterocycles. The summed E-state index contributed by atoms with van der Waals surface area (Å²) in [7, 11) is 0. The van der Waals surface area contributed by atoms with Crippen molar-refractivity contribution in [2.45, 2.75) is 0 Å². The molecule has 0 amide bonds. The van der Waals surface area contributed by atoms with Gasteiger partial charge >= 0.3 is 0 Å². The van der Waals surface area contributed by atoms with E-state index in [2.05, 4.69) is 47.4 Å². The van der Waals surface area contributed by atoms with Gasteiger partial charge in [0.25, 0.3) is 0 Å². The Hall–Kier alpha value is -6.27. The molecular weight excluding hydrogens is 556 g/mol. The summed E-state index contributed by atoms with van der Waals surface area (Å²) in [6.07, 6.45) is 1.80. The van der Waals surface area contributed by atoms with E-state index in [1.807, 2.05) is 91.0 Å². The van der Waals surface area contributed by atoms with Crippen molar-refractivity contribution in [1.82, 2.24) is 15.0 Å². The zero-order valence-electron chi connectivity index (χ0n) is 24.1. The fourth-order valence-corrected chi connectivity index (χ4v) is 5.77. The van der Waals surface area contributed by atoms with Gasteiger partial charge in [-0.3, -0.25) is 4.90 Å². The molecule has 3 aromatic heterocycles. The third kappa shape index (κ3) is 4.75. The van der Waals surface area contributed by atoms with Gasteiger partial charge < -0.3 is 9.52 Å². The second kappa shape index (κ2) is 11.1. The summed E-state index contributed by atoms with van der Waals surface area (Å²) in [5.41, 5.74) is 7.94. The predicted molar refractivity (Wildman–Crippen MR) is 180 cm³/mol. The molecule has 0 atom stereocenters. The van der Waals surface area contributed by atoms with Gasteiger partial charge in [0, 0.05) is 34.0 Å². The van der Waals surface area contributed by atoms with Gasteiger partial charge in [0.2, 0.25) is 0 Å². The number of para-hydroxylation sites is 3. The summed E-state index contributed by atoms with van der Waals surface area (Å²) in [5.74, 6) is 1.42. The maximum Gasteiger partial charge on any atom is 0.180 e. The average Bonchev–Trinajstić information content (AvgIpc) is 3.48. The molecular formula is C39H26N4O2. The normalized spacial score (nSPS) is 11.2. The summed E-state index contributed by atoms with van der Waals surface area (Å²) in [5, 5.41) is 11.7. The topological polar surface area (TPSA) is 75.3 Å². The lowest BCUT2D eigenvalue weighted by molar-refractivity contribution is 0.477. The molecule has 214 valence electrons. The first-order valence-electron chi connectivity index (χ1n) is 14.7. The van der Waals surface area contributed by atoms with Crippen LogP contribution in [0, 0.1) is 0 Å². The van der Waals surface area contributed by atoms with Gasteiger partial charge in [-0.2, -0.15) is 0 Å². The van der Waals surface area contributed by atoms with E-state index in [0.717, 1.165) is 39.3 Å². The first-order chi connectivity index (χ1) is 22.2. The van der Waals surface area contributed by atoms with Crippen LogP contribution in [0.2, 0.25) is 0 Å². The Balaban J connectivity index is 1.34. The Morgan fingerprint density at radius 3 is 2.18 bits per heavy atom. The highest BCUT2D eigenvalue weighted by molar-refractivity contribution is 6.07. The lowest BCUT2D eigenvalue weighted by atomic mass is 10.0. The van der Waals surface area contributed by atoms with Crippen molar-refractivity contribution in [2.24, 2.45) is 0 Å². The Bertz CT molecular complexity index is 2300. The third-order valence-corrected chi connectivity index (χ3v) is 7.85. The third-order valence-electron chi connectivity index (χ3n) is 7.85. The average molecular weight is 583 g/mol. The molecule has 0 aliphatic heterocycles. The van der Waals surface area contributed by atoms with Crippen LogP contribution in [0.25, 0.3) is 55.8 Å². The first kappa shape index (κ1) is 26.4. The van der Waals surface area contributed by atoms with Gasteiger partial charge in [-0.1, -0.05) is 91.0 Å². The molecule has 3 heterocycles. The maximum absolute atomic E-state index is 10.8. The second-order valence-electron chi connectivity index (χ2n) is 10.6. The number of anilines is 3. The monoisotopic (exact) mass is 582 g/mol. The fraction of sp³-hybridized carbons (Fsp3) is 0. The molecule has 45 heavy (non-hydrogen) atoms. The minimum atomic E-state index is 0.122. The van der Waals surface area contributed by atoms with Crippen LogP contribution >= 0.6 is 0 Å². The summed E-state index contributed by atoms with van der Waals surface area (Å²) in [4.78, 5) is 17.0. The van der Waals surface area contributed by atoms with Crippen LogP contribution in [0.15, 0.2) is 156 Å². The number of hydrogen-bond acceptors (Lipinski definition) is 6. The SMILES string of the molecule is Oc1ccccc1-c1nc(-c2cccc(N(c3ccccn3)c3ccccc3-c3ccccc3)c2)nc2c1oc1ccccc12. The Kier molecular flexibility index (Phi) is 6.50. The number of rotatable bonds is 6. The zero-order chi connectivity index (χ0) is 30.2. The van der Waals surface area contributed by atoms with E-state index in [0.29, 0.717) is 33.8 Å². The van der Waals surface area contributed by atoms with Crippen LogP contribution in [0.4, 0.5) is 17.2 Å². The van der Waals surface area contributed by atoms with Crippen LogP contribution in [-0.2, 0) is 0 Å². The van der Waals surface area contributed by atoms with Crippen molar-refractivity contribution in [3.05, 3.63) is 152 Å². The molecule has 8 rings (SSSR count). The molecule has 8 aromatic rings. The quantitative estimate of drug-likeness (QED) is 0.210. The number of aromatic hydroxyl groups is 1. The van der Waals surface area contributed by atoms with E-state index in [1.165, 1.54) is 0 Å². The van der Waals surface area contributed by atoms with E-state index in [4.69, 9.17) is 19.4 Å². The van der Waals surface area contributed by atoms with Gasteiger partial charge in [-0.15, -0.1) is 0 Å². The van der Waals surface area contributed by atoms with E-state index in [-0.39, 0.29) is 5.75 Å². The van der Waals surface area contributed by atoms with Crippen LogP contribution in [0.3, 0.4) is 0 Å². The number of pyridine rings is 1. The lowest BCUT2D eigenvalue weighted by Crippen LogP contribution is -2.12. The summed E-state index contributed by atoms with van der Waals surface area (Å²) >= 11 is 0. The summed E-state index contributed by atoms with van der Waals surface area (Å²) in [6, 6.07) is 47.7. The minimum absolute atomic E-state index is 0.122. The number of aromatic nitrogens is 3. The molecule has 6 heteroatoms. The van der Waals surface area contributed by atoms with E-state index in [1.54, 1.807) is 18.3 Å². The maximum atomic E-state index is 10.8. The van der Waals surface area contributed by atoms with Crippen molar-refractivity contribution >= 4 is 39.3 Å². The number of hydrogen-bond donors (Lipinski definition) is 1. The van der Waals surface area contributed by atoms with Crippen molar-refractivity contribution in [1.29, 1.82) is 0 Å². The van der Waals surface area contributed by atoms with Gasteiger partial charge in [0.1, 0.15) is 28.4 Å². The van der Waals surface area contributed by atoms with Crippen LogP contribution in [0.1, 0.15) is 0 Å². The van der Waals surface area contributed by atoms with Crippen LogP contribution in [0.5, 0.6) is 5.75 Å². The van der Waals surface area contributed by atoms with Crippen LogP contribution < -0.4 is 4.90 Å². The van der Waals surface area contributed by atoms with Gasteiger partial charge in [-0.25, -0.2) is 15.0 Å². The predicted octanol–water partition coefficient (Wildman–Crippen LogP) is 9.95. The number of furan rings is 1. The smallest absolute Gasteiger partial charge is 0.180 e. The highest BCUT2D eigenvalue weighted by Gasteiger charge is 2.22. The summed E-state index contributed by atoms with van der Waals surface area (Å²) < 4.78 is 6.26. The van der Waals surface area contributed by atoms with Crippen LogP contribution in [-0.4, -0.2) is 20.1 Å². The number of phenols is 1. The molecule has 6 nitrogen and oxygen atoms in total. The number of nitrogens with zero attached hydrogens (tertiary/aromatic N) is 4. The van der Waals surface area contributed by atoms with Crippen molar-refractivity contribution < 1.29 is 9.52 Å². The van der Waals surface area contributed by atoms with Gasteiger partial charge in [-0.05, 0) is 60.2 Å². The molecule has 0 saturated carbocycles. The molecule has 0 unspecified atom stereocenters. The number of benzene rings is 5. The van der Waals surface area contributed by atoms with E-state index < -0.39 is 0 Å². The van der Waals surface area contributed by atoms with Gasteiger partial charge in [0.05, 0.1) is 5.69 Å². The molecule has 0 spiro atoms. The largest absolute Gasteiger partial charge is 0.507 e. The molecule has 0 bridgehead atoms. The van der Waals surface area contributed by atoms with Crippen molar-refractivity contribution in [2.75, 3.05) is 4.90 Å². The molecule has 0 radical (unpaired) electrons. The molecule has 0 aliphatic rings. The standard InChI is InChI=1S/C39H26N4O2/c44-33-21-8-5-18-30(33)36-38-37(31-19-6-9-22-34(31)45-38)42-39(41-36)27-15-12-16-28(25-27)43(35-23-10-11-24-40-35)32-20-7-4-17-29(32)26-13-2-1-3-14-26/h1-25,44H. The van der Waals surface area contributed by atoms with E-state index in [9.17, 15) is 5.11 Å². The zero-order valence-corrected chi connectivity index (χ0v) is 24.1. The second-order valence-corrected chi connectivity index (χ2v) is 10.6. The minimum Gasteiger partial charge on any atom is -0.507 e. The lowest BCUT2D eigenvalue weighted by Gasteiger charge is -2.27. The highest BCUT2D eigenvalue weighted by Crippen LogP contribution is 2.42. The Labute approximate surface area is 259 Å². The number of phenolic OH excluding ortho intramolecular Hbond substituents is 1.